The van der Waals surface area contributed by atoms with Crippen molar-refractivity contribution in [2.24, 2.45) is 0 Å². The third-order valence-electron chi connectivity index (χ3n) is 6.70. The van der Waals surface area contributed by atoms with Gasteiger partial charge in [0.1, 0.15) is 12.2 Å². The molecule has 7 nitrogen and oxygen atoms in total. The molecule has 1 aromatic carbocycles. The number of pyridine rings is 2. The van der Waals surface area contributed by atoms with Gasteiger partial charge in [-0.2, -0.15) is 0 Å². The molecule has 1 amide bonds. The van der Waals surface area contributed by atoms with Gasteiger partial charge in [-0.3, -0.25) is 24.3 Å². The SMILES string of the molecule is C[C@@]1(c2ccccn2)c2ccccc2CCCCCN2CN1n1ccc(=O)c(O)c1C2=O. The fourth-order valence-electron chi connectivity index (χ4n) is 4.96. The van der Waals surface area contributed by atoms with Gasteiger partial charge in [-0.1, -0.05) is 36.8 Å². The number of aromatic nitrogens is 2. The zero-order valence-electron chi connectivity index (χ0n) is 18.1. The van der Waals surface area contributed by atoms with Crippen LogP contribution in [0, 0.1) is 0 Å². The van der Waals surface area contributed by atoms with Gasteiger partial charge < -0.3 is 10.0 Å². The molecule has 2 aliphatic rings. The highest BCUT2D eigenvalue weighted by atomic mass is 16.3. The van der Waals surface area contributed by atoms with Crippen LogP contribution in [-0.2, 0) is 12.0 Å². The summed E-state index contributed by atoms with van der Waals surface area (Å²) in [6.07, 6.45) is 7.16. The Balaban J connectivity index is 1.84. The molecule has 5 rings (SSSR count). The van der Waals surface area contributed by atoms with Crippen molar-refractivity contribution in [3.8, 4) is 5.75 Å². The van der Waals surface area contributed by atoms with Crippen molar-refractivity contribution in [1.29, 1.82) is 0 Å². The number of carbonyl (C=O) groups is 1. The lowest BCUT2D eigenvalue weighted by atomic mass is 9.82. The van der Waals surface area contributed by atoms with E-state index in [0.29, 0.717) is 13.2 Å². The van der Waals surface area contributed by atoms with Crippen LogP contribution in [0.1, 0.15) is 53.5 Å². The second kappa shape index (κ2) is 7.82. The fourth-order valence-corrected chi connectivity index (χ4v) is 4.96. The van der Waals surface area contributed by atoms with E-state index in [9.17, 15) is 14.7 Å². The van der Waals surface area contributed by atoms with Crippen molar-refractivity contribution in [3.63, 3.8) is 0 Å². The monoisotopic (exact) mass is 430 g/mol. The van der Waals surface area contributed by atoms with Gasteiger partial charge in [0, 0.05) is 25.0 Å². The highest BCUT2D eigenvalue weighted by Gasteiger charge is 2.44. The molecule has 4 heterocycles. The summed E-state index contributed by atoms with van der Waals surface area (Å²) in [5, 5.41) is 12.7. The Bertz CT molecular complexity index is 1220. The lowest BCUT2D eigenvalue weighted by Crippen LogP contribution is -2.62. The predicted molar refractivity (Wildman–Crippen MR) is 121 cm³/mol. The average molecular weight is 431 g/mol. The van der Waals surface area contributed by atoms with Crippen molar-refractivity contribution < 1.29 is 9.90 Å². The summed E-state index contributed by atoms with van der Waals surface area (Å²) in [6.45, 7) is 2.97. The van der Waals surface area contributed by atoms with Crippen LogP contribution in [-0.4, -0.2) is 38.8 Å². The van der Waals surface area contributed by atoms with Crippen LogP contribution in [0.15, 0.2) is 65.7 Å². The van der Waals surface area contributed by atoms with Crippen LogP contribution in [0.2, 0.25) is 0 Å². The van der Waals surface area contributed by atoms with E-state index in [1.54, 1.807) is 22.0 Å². The van der Waals surface area contributed by atoms with Gasteiger partial charge in [0.2, 0.25) is 5.43 Å². The van der Waals surface area contributed by atoms with E-state index in [-0.39, 0.29) is 11.6 Å². The molecule has 164 valence electrons. The maximum absolute atomic E-state index is 13.3. The quantitative estimate of drug-likeness (QED) is 0.642. The first kappa shape index (κ1) is 20.3. The lowest BCUT2D eigenvalue weighted by molar-refractivity contribution is 0.0659. The maximum Gasteiger partial charge on any atom is 0.277 e. The molecule has 7 heteroatoms. The highest BCUT2D eigenvalue weighted by molar-refractivity contribution is 5.96. The van der Waals surface area contributed by atoms with E-state index in [0.717, 1.165) is 36.9 Å². The molecule has 3 aromatic rings. The molecule has 0 unspecified atom stereocenters. The van der Waals surface area contributed by atoms with Crippen LogP contribution < -0.4 is 10.4 Å². The molecule has 1 atom stereocenters. The molecule has 2 aromatic heterocycles. The summed E-state index contributed by atoms with van der Waals surface area (Å²) in [7, 11) is 0. The average Bonchev–Trinajstić information content (AvgIpc) is 2.84. The predicted octanol–water partition coefficient (Wildman–Crippen LogP) is 2.99. The van der Waals surface area contributed by atoms with Crippen LogP contribution in [0.3, 0.4) is 0 Å². The molecule has 2 bridgehead atoms. The number of nitrogens with zero attached hydrogens (tertiary/aromatic N) is 4. The number of benzene rings is 1. The first-order valence-electron chi connectivity index (χ1n) is 11.0. The second-order valence-electron chi connectivity index (χ2n) is 8.59. The van der Waals surface area contributed by atoms with Crippen molar-refractivity contribution in [2.45, 2.75) is 38.1 Å². The summed E-state index contributed by atoms with van der Waals surface area (Å²) < 4.78 is 1.64. The van der Waals surface area contributed by atoms with Crippen molar-refractivity contribution in [2.75, 3.05) is 18.2 Å². The molecular formula is C25H26N4O3. The van der Waals surface area contributed by atoms with E-state index in [4.69, 9.17) is 4.98 Å². The number of rotatable bonds is 1. The van der Waals surface area contributed by atoms with Gasteiger partial charge in [-0.05, 0) is 49.4 Å². The summed E-state index contributed by atoms with van der Waals surface area (Å²) in [5.41, 5.74) is 1.84. The molecular weight excluding hydrogens is 404 g/mol. The smallest absolute Gasteiger partial charge is 0.277 e. The molecule has 32 heavy (non-hydrogen) atoms. The van der Waals surface area contributed by atoms with E-state index < -0.39 is 16.7 Å². The van der Waals surface area contributed by atoms with Gasteiger partial charge in [0.05, 0.1) is 5.69 Å². The number of carbonyl (C=O) groups excluding carboxylic acids is 1. The second-order valence-corrected chi connectivity index (χ2v) is 8.59. The molecule has 1 N–H and O–H groups in total. The lowest BCUT2D eigenvalue weighted by Gasteiger charge is -2.49. The molecule has 0 saturated heterocycles. The largest absolute Gasteiger partial charge is 0.502 e. The molecule has 0 saturated carbocycles. The van der Waals surface area contributed by atoms with Crippen LogP contribution >= 0.6 is 0 Å². The summed E-state index contributed by atoms with van der Waals surface area (Å²) in [4.78, 5) is 32.0. The Labute approximate surface area is 186 Å². The number of amides is 1. The number of fused-ring (bicyclic) bond motifs is 5. The molecule has 0 aliphatic carbocycles. The molecule has 0 fully saturated rings. The van der Waals surface area contributed by atoms with Gasteiger partial charge >= 0.3 is 0 Å². The number of aromatic hydroxyl groups is 1. The maximum atomic E-state index is 13.3. The Morgan fingerprint density at radius 3 is 2.62 bits per heavy atom. The molecule has 0 spiro atoms. The Morgan fingerprint density at radius 1 is 1.00 bits per heavy atom. The van der Waals surface area contributed by atoms with Gasteiger partial charge in [0.25, 0.3) is 5.91 Å². The first-order chi connectivity index (χ1) is 15.5. The normalized spacial score (nSPS) is 20.8. The topological polar surface area (TPSA) is 78.7 Å². The third-order valence-corrected chi connectivity index (χ3v) is 6.70. The third kappa shape index (κ3) is 3.07. The van der Waals surface area contributed by atoms with Gasteiger partial charge in [-0.25, -0.2) is 0 Å². The molecule has 2 aliphatic heterocycles. The van der Waals surface area contributed by atoms with Crippen LogP contribution in [0.5, 0.6) is 5.75 Å². The Kier molecular flexibility index (Phi) is 4.96. The number of hydrogen-bond acceptors (Lipinski definition) is 5. The fraction of sp³-hybridized carbons (Fsp3) is 0.320. The van der Waals surface area contributed by atoms with Crippen molar-refractivity contribution in [3.05, 3.63) is 93.7 Å². The van der Waals surface area contributed by atoms with E-state index in [1.165, 1.54) is 11.6 Å². The highest BCUT2D eigenvalue weighted by Crippen LogP contribution is 2.39. The van der Waals surface area contributed by atoms with E-state index in [2.05, 4.69) is 25.1 Å². The Hall–Kier alpha value is -3.61. The minimum Gasteiger partial charge on any atom is -0.502 e. The standard InChI is InChI=1S/C25H26N4O3/c1-25(21-12-6-7-14-26-21)19-11-5-4-10-18(19)9-3-2-8-15-27-17-29(25)28-16-13-20(30)23(31)22(28)24(27)32/h4-7,10-14,16,31H,2-3,8-9,15,17H2,1H3/t25-/m0/s1. The minimum atomic E-state index is -0.753. The van der Waals surface area contributed by atoms with Crippen molar-refractivity contribution >= 4 is 5.91 Å². The van der Waals surface area contributed by atoms with Crippen LogP contribution in [0.4, 0.5) is 0 Å². The first-order valence-corrected chi connectivity index (χ1v) is 11.0. The van der Waals surface area contributed by atoms with E-state index >= 15 is 0 Å². The summed E-state index contributed by atoms with van der Waals surface area (Å²) in [6, 6.07) is 15.5. The van der Waals surface area contributed by atoms with Gasteiger partial charge in [-0.15, -0.1) is 0 Å². The summed E-state index contributed by atoms with van der Waals surface area (Å²) in [5.74, 6) is -0.842. The minimum absolute atomic E-state index is 0.00244. The number of aryl methyl sites for hydroxylation is 1. The van der Waals surface area contributed by atoms with Crippen LogP contribution in [0.25, 0.3) is 0 Å². The van der Waals surface area contributed by atoms with Gasteiger partial charge in [0.15, 0.2) is 11.4 Å². The Morgan fingerprint density at radius 2 is 1.81 bits per heavy atom. The zero-order chi connectivity index (χ0) is 22.3. The van der Waals surface area contributed by atoms with Crippen molar-refractivity contribution in [1.82, 2.24) is 14.6 Å². The zero-order valence-corrected chi connectivity index (χ0v) is 18.1. The summed E-state index contributed by atoms with van der Waals surface area (Å²) >= 11 is 0. The van der Waals surface area contributed by atoms with E-state index in [1.807, 2.05) is 29.3 Å². The number of hydrogen-bond donors (Lipinski definition) is 1. The molecule has 0 radical (unpaired) electrons.